The minimum atomic E-state index is -3.78. The first-order chi connectivity index (χ1) is 9.31. The Morgan fingerprint density at radius 3 is 2.55 bits per heavy atom. The van der Waals surface area contributed by atoms with Crippen molar-refractivity contribution in [3.63, 3.8) is 0 Å². The SMILES string of the molecule is Cn1cc(S(=O)(=O)Nc2ccccc2Br)cc1C(N)=O. The molecule has 2 aromatic rings. The Morgan fingerprint density at radius 2 is 2.00 bits per heavy atom. The first kappa shape index (κ1) is 14.6. The lowest BCUT2D eigenvalue weighted by Gasteiger charge is -2.07. The van der Waals surface area contributed by atoms with E-state index >= 15 is 0 Å². The molecule has 1 aromatic heterocycles. The highest BCUT2D eigenvalue weighted by Crippen LogP contribution is 2.25. The van der Waals surface area contributed by atoms with E-state index < -0.39 is 15.9 Å². The Hall–Kier alpha value is -1.80. The van der Waals surface area contributed by atoms with Gasteiger partial charge < -0.3 is 10.3 Å². The average molecular weight is 358 g/mol. The standard InChI is InChI=1S/C12H12BrN3O3S/c1-16-7-8(6-11(16)12(14)17)20(18,19)15-10-5-3-2-4-9(10)13/h2-7,15H,1H3,(H2,14,17). The zero-order chi connectivity index (χ0) is 14.9. The lowest BCUT2D eigenvalue weighted by molar-refractivity contribution is 0.0992. The van der Waals surface area contributed by atoms with E-state index in [2.05, 4.69) is 20.7 Å². The van der Waals surface area contributed by atoms with E-state index in [1.807, 2.05) is 0 Å². The van der Waals surface area contributed by atoms with Crippen LogP contribution in [0.5, 0.6) is 0 Å². The number of halogens is 1. The van der Waals surface area contributed by atoms with Gasteiger partial charge in [-0.3, -0.25) is 9.52 Å². The Morgan fingerprint density at radius 1 is 1.35 bits per heavy atom. The van der Waals surface area contributed by atoms with E-state index in [1.54, 1.807) is 31.3 Å². The van der Waals surface area contributed by atoms with E-state index in [-0.39, 0.29) is 10.6 Å². The summed E-state index contributed by atoms with van der Waals surface area (Å²) in [5, 5.41) is 0. The number of anilines is 1. The molecule has 2 rings (SSSR count). The molecule has 3 N–H and O–H groups in total. The van der Waals surface area contributed by atoms with Crippen LogP contribution in [-0.4, -0.2) is 18.9 Å². The molecule has 0 unspecified atom stereocenters. The summed E-state index contributed by atoms with van der Waals surface area (Å²) in [6, 6.07) is 8.07. The fourth-order valence-electron chi connectivity index (χ4n) is 1.67. The van der Waals surface area contributed by atoms with Gasteiger partial charge >= 0.3 is 0 Å². The maximum Gasteiger partial charge on any atom is 0.265 e. The van der Waals surface area contributed by atoms with Crippen LogP contribution >= 0.6 is 15.9 Å². The predicted molar refractivity (Wildman–Crippen MR) is 78.9 cm³/mol. The fraction of sp³-hybridized carbons (Fsp3) is 0.0833. The summed E-state index contributed by atoms with van der Waals surface area (Å²) in [7, 11) is -2.23. The lowest BCUT2D eigenvalue weighted by atomic mass is 10.3. The molecule has 8 heteroatoms. The highest BCUT2D eigenvalue weighted by Gasteiger charge is 2.20. The average Bonchev–Trinajstić information content (AvgIpc) is 2.75. The van der Waals surface area contributed by atoms with Gasteiger partial charge in [-0.1, -0.05) is 12.1 Å². The molecule has 0 aliphatic heterocycles. The Kier molecular flexibility index (Phi) is 3.87. The molecule has 0 aliphatic carbocycles. The molecule has 106 valence electrons. The molecule has 6 nitrogen and oxygen atoms in total. The summed E-state index contributed by atoms with van der Waals surface area (Å²) < 4.78 is 28.9. The zero-order valence-electron chi connectivity index (χ0n) is 10.5. The quantitative estimate of drug-likeness (QED) is 0.871. The summed E-state index contributed by atoms with van der Waals surface area (Å²) in [6.45, 7) is 0. The summed E-state index contributed by atoms with van der Waals surface area (Å²) in [4.78, 5) is 11.1. The van der Waals surface area contributed by atoms with Crippen molar-refractivity contribution in [2.75, 3.05) is 4.72 Å². The monoisotopic (exact) mass is 357 g/mol. The summed E-state index contributed by atoms with van der Waals surface area (Å²) in [5.41, 5.74) is 5.70. The third-order valence-electron chi connectivity index (χ3n) is 2.66. The van der Waals surface area contributed by atoms with Gasteiger partial charge in [0.25, 0.3) is 15.9 Å². The first-order valence-electron chi connectivity index (χ1n) is 5.55. The summed E-state index contributed by atoms with van der Waals surface area (Å²) in [6.07, 6.45) is 1.33. The van der Waals surface area contributed by atoms with E-state index in [9.17, 15) is 13.2 Å². The minimum Gasteiger partial charge on any atom is -0.364 e. The molecule has 1 heterocycles. The number of hydrogen-bond acceptors (Lipinski definition) is 3. The molecule has 0 saturated heterocycles. The highest BCUT2D eigenvalue weighted by molar-refractivity contribution is 9.10. The second-order valence-electron chi connectivity index (χ2n) is 4.12. The van der Waals surface area contributed by atoms with Crippen molar-refractivity contribution in [3.8, 4) is 0 Å². The van der Waals surface area contributed by atoms with Gasteiger partial charge in [-0.2, -0.15) is 0 Å². The summed E-state index contributed by atoms with van der Waals surface area (Å²) >= 11 is 3.26. The van der Waals surface area contributed by atoms with Gasteiger partial charge in [0, 0.05) is 17.7 Å². The molecule has 0 radical (unpaired) electrons. The van der Waals surface area contributed by atoms with Gasteiger partial charge in [0.05, 0.1) is 5.69 Å². The van der Waals surface area contributed by atoms with Gasteiger partial charge in [-0.25, -0.2) is 8.42 Å². The minimum absolute atomic E-state index is 0.0236. The molecule has 1 amide bonds. The van der Waals surface area contributed by atoms with E-state index in [4.69, 9.17) is 5.73 Å². The molecule has 0 saturated carbocycles. The van der Waals surface area contributed by atoms with Crippen molar-refractivity contribution >= 4 is 37.5 Å². The third kappa shape index (κ3) is 2.86. The number of rotatable bonds is 4. The van der Waals surface area contributed by atoms with Crippen LogP contribution in [-0.2, 0) is 17.1 Å². The van der Waals surface area contributed by atoms with Crippen molar-refractivity contribution in [1.82, 2.24) is 4.57 Å². The molecule has 0 atom stereocenters. The van der Waals surface area contributed by atoms with Crippen molar-refractivity contribution in [1.29, 1.82) is 0 Å². The van der Waals surface area contributed by atoms with Crippen molar-refractivity contribution in [2.45, 2.75) is 4.90 Å². The molecule has 0 aliphatic rings. The van der Waals surface area contributed by atoms with Crippen LogP contribution in [0.3, 0.4) is 0 Å². The maximum atomic E-state index is 12.2. The van der Waals surface area contributed by atoms with Crippen LogP contribution in [0.2, 0.25) is 0 Å². The predicted octanol–water partition coefficient (Wildman–Crippen LogP) is 1.69. The maximum absolute atomic E-state index is 12.2. The summed E-state index contributed by atoms with van der Waals surface area (Å²) in [5.74, 6) is -0.685. The topological polar surface area (TPSA) is 94.2 Å². The zero-order valence-corrected chi connectivity index (χ0v) is 12.9. The fourth-order valence-corrected chi connectivity index (χ4v) is 3.34. The van der Waals surface area contributed by atoms with E-state index in [0.29, 0.717) is 10.2 Å². The third-order valence-corrected chi connectivity index (χ3v) is 4.68. The molecular formula is C12H12BrN3O3S. The van der Waals surface area contributed by atoms with Crippen LogP contribution < -0.4 is 10.5 Å². The molecular weight excluding hydrogens is 346 g/mol. The Balaban J connectivity index is 2.39. The normalized spacial score (nSPS) is 11.3. The van der Waals surface area contributed by atoms with Crippen LogP contribution in [0.4, 0.5) is 5.69 Å². The van der Waals surface area contributed by atoms with Gasteiger partial charge in [-0.15, -0.1) is 0 Å². The van der Waals surface area contributed by atoms with Crippen LogP contribution in [0, 0.1) is 0 Å². The number of carbonyl (C=O) groups excluding carboxylic acids is 1. The van der Waals surface area contributed by atoms with Gasteiger partial charge in [0.1, 0.15) is 10.6 Å². The number of amides is 1. The number of primary amides is 1. The van der Waals surface area contributed by atoms with Gasteiger partial charge in [-0.05, 0) is 34.1 Å². The number of sulfonamides is 1. The Bertz CT molecular complexity index is 768. The molecule has 0 spiro atoms. The second-order valence-corrected chi connectivity index (χ2v) is 6.66. The van der Waals surface area contributed by atoms with Crippen LogP contribution in [0.1, 0.15) is 10.5 Å². The number of aryl methyl sites for hydroxylation is 1. The highest BCUT2D eigenvalue weighted by atomic mass is 79.9. The number of nitrogens with one attached hydrogen (secondary N) is 1. The smallest absolute Gasteiger partial charge is 0.265 e. The van der Waals surface area contributed by atoms with Crippen molar-refractivity contribution in [3.05, 3.63) is 46.7 Å². The van der Waals surface area contributed by atoms with Crippen LogP contribution in [0.25, 0.3) is 0 Å². The molecule has 0 bridgehead atoms. The number of carbonyl (C=O) groups is 1. The van der Waals surface area contributed by atoms with Crippen LogP contribution in [0.15, 0.2) is 45.9 Å². The lowest BCUT2D eigenvalue weighted by Crippen LogP contribution is -2.14. The molecule has 1 aromatic carbocycles. The van der Waals surface area contributed by atoms with Crippen molar-refractivity contribution in [2.24, 2.45) is 12.8 Å². The number of para-hydroxylation sites is 1. The number of hydrogen-bond donors (Lipinski definition) is 2. The van der Waals surface area contributed by atoms with Gasteiger partial charge in [0.15, 0.2) is 0 Å². The number of aromatic nitrogens is 1. The van der Waals surface area contributed by atoms with Crippen molar-refractivity contribution < 1.29 is 13.2 Å². The number of nitrogens with two attached hydrogens (primary N) is 1. The Labute approximate surface area is 124 Å². The molecule has 20 heavy (non-hydrogen) atoms. The first-order valence-corrected chi connectivity index (χ1v) is 7.82. The molecule has 0 fully saturated rings. The largest absolute Gasteiger partial charge is 0.364 e. The van der Waals surface area contributed by atoms with E-state index in [0.717, 1.165) is 0 Å². The van der Waals surface area contributed by atoms with Gasteiger partial charge in [0.2, 0.25) is 0 Å². The van der Waals surface area contributed by atoms with E-state index in [1.165, 1.54) is 16.8 Å². The number of nitrogens with zero attached hydrogens (tertiary/aromatic N) is 1. The second kappa shape index (κ2) is 5.29. The number of benzene rings is 1.